The summed E-state index contributed by atoms with van der Waals surface area (Å²) in [5.41, 5.74) is 4.49. The number of halogens is 1. The van der Waals surface area contributed by atoms with Crippen LogP contribution in [0.2, 0.25) is 0 Å². The number of benzene rings is 2. The quantitative estimate of drug-likeness (QED) is 0.432. The predicted octanol–water partition coefficient (Wildman–Crippen LogP) is 2.26. The summed E-state index contributed by atoms with van der Waals surface area (Å²) < 4.78 is 27.1. The molecule has 0 amide bonds. The molecule has 10 heteroatoms. The van der Waals surface area contributed by atoms with Gasteiger partial charge in [-0.2, -0.15) is 5.10 Å². The molecule has 0 fully saturated rings. The molecule has 0 unspecified atom stereocenters. The number of hydrogen-bond acceptors (Lipinski definition) is 7. The van der Waals surface area contributed by atoms with Crippen LogP contribution in [0.15, 0.2) is 45.9 Å². The third kappa shape index (κ3) is 3.62. The van der Waals surface area contributed by atoms with Gasteiger partial charge in [0.05, 0.1) is 29.1 Å². The number of aliphatic hydroxyl groups excluding tert-OH is 1. The van der Waals surface area contributed by atoms with E-state index in [-0.39, 0.29) is 24.7 Å². The maximum absolute atomic E-state index is 14.4. The first-order valence-corrected chi connectivity index (χ1v) is 10.3. The number of hydrogen-bond donors (Lipinski definition) is 2. The van der Waals surface area contributed by atoms with Gasteiger partial charge in [0.2, 0.25) is 0 Å². The number of aryl methyl sites for hydroxylation is 1. The van der Waals surface area contributed by atoms with Crippen LogP contribution in [0.4, 0.5) is 4.39 Å². The lowest BCUT2D eigenvalue weighted by atomic mass is 9.95. The third-order valence-electron chi connectivity index (χ3n) is 5.97. The van der Waals surface area contributed by atoms with Gasteiger partial charge in [0.25, 0.3) is 0 Å². The molecule has 5 rings (SSSR count). The second-order valence-electron chi connectivity index (χ2n) is 8.02. The molecule has 2 N–H and O–H groups in total. The topological polar surface area (TPSA) is 112 Å². The molecule has 4 aromatic rings. The monoisotopic (exact) mass is 452 g/mol. The molecule has 170 valence electrons. The van der Waals surface area contributed by atoms with E-state index < -0.39 is 17.7 Å². The normalized spacial score (nSPS) is 14.0. The van der Waals surface area contributed by atoms with Gasteiger partial charge in [0.1, 0.15) is 6.61 Å². The molecule has 1 aliphatic heterocycles. The average molecular weight is 452 g/mol. The van der Waals surface area contributed by atoms with Gasteiger partial charge < -0.3 is 19.6 Å². The lowest BCUT2D eigenvalue weighted by Crippen LogP contribution is -2.21. The van der Waals surface area contributed by atoms with Crippen molar-refractivity contribution >= 4 is 17.1 Å². The van der Waals surface area contributed by atoms with E-state index in [1.807, 2.05) is 6.92 Å². The molecule has 0 aliphatic carbocycles. The smallest absolute Gasteiger partial charge is 0.419 e. The van der Waals surface area contributed by atoms with Crippen LogP contribution in [-0.4, -0.2) is 32.0 Å². The molecule has 0 bridgehead atoms. The van der Waals surface area contributed by atoms with Gasteiger partial charge in [-0.1, -0.05) is 6.07 Å². The summed E-state index contributed by atoms with van der Waals surface area (Å²) in [6.07, 6.45) is 2.61. The maximum atomic E-state index is 14.4. The summed E-state index contributed by atoms with van der Waals surface area (Å²) in [6, 6.07) is 6.32. The Morgan fingerprint density at radius 2 is 2.12 bits per heavy atom. The van der Waals surface area contributed by atoms with E-state index in [1.54, 1.807) is 30.6 Å². The number of fused-ring (bicyclic) bond motifs is 2. The van der Waals surface area contributed by atoms with Crippen LogP contribution < -0.4 is 11.1 Å². The number of nitrogens with zero attached hydrogens (tertiary/aromatic N) is 3. The second-order valence-corrected chi connectivity index (χ2v) is 8.02. The highest BCUT2D eigenvalue weighted by Gasteiger charge is 2.25. The number of carbonyl (C=O) groups excluding carboxylic acids is 1. The highest BCUT2D eigenvalue weighted by Crippen LogP contribution is 2.29. The Labute approximate surface area is 187 Å². The minimum atomic E-state index is -0.764. The van der Waals surface area contributed by atoms with E-state index in [9.17, 15) is 19.1 Å². The van der Waals surface area contributed by atoms with E-state index in [4.69, 9.17) is 9.15 Å². The van der Waals surface area contributed by atoms with Crippen molar-refractivity contribution in [1.29, 1.82) is 0 Å². The molecule has 1 aliphatic rings. The summed E-state index contributed by atoms with van der Waals surface area (Å²) in [7, 11) is 1.51. The molecule has 33 heavy (non-hydrogen) atoms. The van der Waals surface area contributed by atoms with Gasteiger partial charge in [-0.25, -0.2) is 18.7 Å². The Bertz CT molecular complexity index is 1450. The van der Waals surface area contributed by atoms with E-state index >= 15 is 0 Å². The summed E-state index contributed by atoms with van der Waals surface area (Å²) in [5, 5.41) is 18.1. The van der Waals surface area contributed by atoms with Crippen LogP contribution in [0.1, 0.15) is 38.7 Å². The third-order valence-corrected chi connectivity index (χ3v) is 5.97. The zero-order chi connectivity index (χ0) is 23.3. The zero-order valence-electron chi connectivity index (χ0n) is 18.0. The molecule has 1 atom stereocenters. The fraction of sp³-hybridized carbons (Fsp3) is 0.261. The van der Waals surface area contributed by atoms with Crippen LogP contribution >= 0.6 is 0 Å². The Balaban J connectivity index is 1.27. The summed E-state index contributed by atoms with van der Waals surface area (Å²) in [5.74, 6) is -1.61. The molecular formula is C23H21FN4O5. The molecule has 2 aromatic carbocycles. The first-order chi connectivity index (χ1) is 15.8. The van der Waals surface area contributed by atoms with Gasteiger partial charge in [0, 0.05) is 43.5 Å². The number of ether oxygens (including phenoxy) is 1. The van der Waals surface area contributed by atoms with Gasteiger partial charge in [-0.05, 0) is 30.2 Å². The number of esters is 1. The lowest BCUT2D eigenvalue weighted by molar-refractivity contribution is 0.0535. The lowest BCUT2D eigenvalue weighted by Gasteiger charge is -2.16. The standard InChI is InChI=1S/C23H21FN4O5/c1-12-15(3-4-16-17(12)11-32-22(16)30)20(29)9-25-7-13-8-26-28(10-13)14-5-18(24)21-19(6-14)27(2)23(31)33-21/h3-6,8,10,20,25,29H,7,9,11H2,1-2H3/t20-/m0/s1. The number of cyclic esters (lactones) is 1. The van der Waals surface area contributed by atoms with Gasteiger partial charge in [-0.3, -0.25) is 4.57 Å². The molecule has 3 heterocycles. The first kappa shape index (κ1) is 21.1. The number of aliphatic hydroxyl groups is 1. The first-order valence-electron chi connectivity index (χ1n) is 10.3. The van der Waals surface area contributed by atoms with Crippen LogP contribution in [0.25, 0.3) is 16.8 Å². The molecule has 0 saturated carbocycles. The van der Waals surface area contributed by atoms with Crippen molar-refractivity contribution in [3.05, 3.63) is 80.8 Å². The molecule has 9 nitrogen and oxygen atoms in total. The Morgan fingerprint density at radius 1 is 1.30 bits per heavy atom. The van der Waals surface area contributed by atoms with Crippen molar-refractivity contribution in [2.45, 2.75) is 26.2 Å². The Morgan fingerprint density at radius 3 is 2.94 bits per heavy atom. The molecule has 2 aromatic heterocycles. The van der Waals surface area contributed by atoms with Crippen LogP contribution in [0, 0.1) is 12.7 Å². The predicted molar refractivity (Wildman–Crippen MR) is 116 cm³/mol. The van der Waals surface area contributed by atoms with Crippen molar-refractivity contribution in [1.82, 2.24) is 19.7 Å². The molecule has 0 saturated heterocycles. The van der Waals surface area contributed by atoms with Crippen LogP contribution in [-0.2, 0) is 24.9 Å². The largest absolute Gasteiger partial charge is 0.457 e. The van der Waals surface area contributed by atoms with Crippen molar-refractivity contribution < 1.29 is 23.4 Å². The van der Waals surface area contributed by atoms with E-state index in [0.29, 0.717) is 23.3 Å². The van der Waals surface area contributed by atoms with Crippen molar-refractivity contribution in [2.75, 3.05) is 6.54 Å². The number of oxazole rings is 1. The minimum absolute atomic E-state index is 0.0907. The SMILES string of the molecule is Cc1c([C@@H](O)CNCc2cnn(-c3cc(F)c4oc(=O)n(C)c4c3)c2)ccc2c1COC2=O. The second kappa shape index (κ2) is 7.98. The Kier molecular flexibility index (Phi) is 5.10. The molecule has 0 spiro atoms. The maximum Gasteiger partial charge on any atom is 0.419 e. The van der Waals surface area contributed by atoms with E-state index in [0.717, 1.165) is 22.3 Å². The number of rotatable bonds is 6. The van der Waals surface area contributed by atoms with Crippen molar-refractivity contribution in [3.63, 3.8) is 0 Å². The highest BCUT2D eigenvalue weighted by atomic mass is 19.1. The fourth-order valence-corrected chi connectivity index (χ4v) is 4.09. The fourth-order valence-electron chi connectivity index (χ4n) is 4.09. The zero-order valence-corrected chi connectivity index (χ0v) is 18.0. The van der Waals surface area contributed by atoms with E-state index in [1.165, 1.54) is 22.4 Å². The van der Waals surface area contributed by atoms with E-state index in [2.05, 4.69) is 10.4 Å². The highest BCUT2D eigenvalue weighted by molar-refractivity contribution is 5.94. The average Bonchev–Trinajstić information content (AvgIpc) is 3.48. The molecular weight excluding hydrogens is 431 g/mol. The number of aromatic nitrogens is 3. The van der Waals surface area contributed by atoms with Gasteiger partial charge in [0.15, 0.2) is 11.4 Å². The van der Waals surface area contributed by atoms with Crippen molar-refractivity contribution in [3.8, 4) is 5.69 Å². The summed E-state index contributed by atoms with van der Waals surface area (Å²) >= 11 is 0. The number of nitrogens with one attached hydrogen (secondary N) is 1. The number of carbonyl (C=O) groups is 1. The molecule has 0 radical (unpaired) electrons. The minimum Gasteiger partial charge on any atom is -0.457 e. The summed E-state index contributed by atoms with van der Waals surface area (Å²) in [6.45, 7) is 2.82. The van der Waals surface area contributed by atoms with Gasteiger partial charge >= 0.3 is 11.7 Å². The summed E-state index contributed by atoms with van der Waals surface area (Å²) in [4.78, 5) is 23.4. The van der Waals surface area contributed by atoms with Gasteiger partial charge in [-0.15, -0.1) is 0 Å². The van der Waals surface area contributed by atoms with Crippen molar-refractivity contribution in [2.24, 2.45) is 7.05 Å². The Hall–Kier alpha value is -3.76. The van der Waals surface area contributed by atoms with Crippen LogP contribution in [0.3, 0.4) is 0 Å². The van der Waals surface area contributed by atoms with Crippen LogP contribution in [0.5, 0.6) is 0 Å².